The van der Waals surface area contributed by atoms with Crippen molar-refractivity contribution in [1.82, 2.24) is 0 Å². The van der Waals surface area contributed by atoms with Gasteiger partial charge in [0.05, 0.1) is 9.94 Å². The number of benzene rings is 1. The number of allylic oxidation sites excluding steroid dienone is 1. The lowest BCUT2D eigenvalue weighted by Gasteiger charge is -2.12. The van der Waals surface area contributed by atoms with Crippen molar-refractivity contribution >= 4 is 26.5 Å². The van der Waals surface area contributed by atoms with E-state index in [2.05, 4.69) is 0 Å². The average Bonchev–Trinajstić information content (AvgIpc) is 2.16. The molecule has 0 fully saturated rings. The normalized spacial score (nSPS) is 13.8. The van der Waals surface area contributed by atoms with Crippen molar-refractivity contribution in [2.75, 3.05) is 6.26 Å². The first-order valence-electron chi connectivity index (χ1n) is 4.99. The van der Waals surface area contributed by atoms with Crippen LogP contribution in [0.1, 0.15) is 19.4 Å². The smallest absolute Gasteiger partial charge is 0.173 e. The third-order valence-electron chi connectivity index (χ3n) is 2.17. The minimum atomic E-state index is -3.26. The molecule has 0 atom stereocenters. The van der Waals surface area contributed by atoms with Crippen molar-refractivity contribution in [2.45, 2.75) is 13.8 Å². The van der Waals surface area contributed by atoms with E-state index < -0.39 is 9.84 Å². The summed E-state index contributed by atoms with van der Waals surface area (Å²) in [5, 5.41) is 0.318. The fraction of sp³-hybridized carbons (Fsp3) is 0.333. The molecule has 0 saturated carbocycles. The van der Waals surface area contributed by atoms with Crippen molar-refractivity contribution in [3.8, 4) is 0 Å². The minimum Gasteiger partial charge on any atom is -0.224 e. The second-order valence-corrected chi connectivity index (χ2v) is 6.33. The molecular formula is C12H15ClO2S. The van der Waals surface area contributed by atoms with Crippen LogP contribution in [0.15, 0.2) is 35.2 Å². The Hall–Kier alpha value is -0.800. The minimum absolute atomic E-state index is 0.122. The van der Waals surface area contributed by atoms with Crippen molar-refractivity contribution < 1.29 is 8.42 Å². The van der Waals surface area contributed by atoms with Crippen LogP contribution in [0.25, 0.3) is 5.03 Å². The summed E-state index contributed by atoms with van der Waals surface area (Å²) in [5.41, 5.74) is 0.735. The van der Waals surface area contributed by atoms with E-state index in [1.165, 1.54) is 6.26 Å². The van der Waals surface area contributed by atoms with E-state index in [1.54, 1.807) is 12.1 Å². The average molecular weight is 259 g/mol. The molecule has 0 radical (unpaired) electrons. The van der Waals surface area contributed by atoms with Crippen molar-refractivity contribution in [3.05, 3.63) is 40.8 Å². The van der Waals surface area contributed by atoms with Gasteiger partial charge in [0.2, 0.25) is 0 Å². The van der Waals surface area contributed by atoms with Crippen LogP contribution in [0.5, 0.6) is 0 Å². The molecule has 0 aromatic heterocycles. The Morgan fingerprint density at radius 1 is 1.19 bits per heavy atom. The standard InChI is InChI=1S/C12H15ClO2S/c1-9(2)12(16(3,14)15)11(13)10-7-5-4-6-8-10/h4-9H,1-3H3/b12-11-. The van der Waals surface area contributed by atoms with Crippen LogP contribution in [-0.2, 0) is 9.84 Å². The lowest BCUT2D eigenvalue weighted by atomic mass is 10.1. The predicted molar refractivity (Wildman–Crippen MR) is 68.9 cm³/mol. The van der Waals surface area contributed by atoms with Gasteiger partial charge < -0.3 is 0 Å². The zero-order valence-electron chi connectivity index (χ0n) is 9.57. The first-order valence-corrected chi connectivity index (χ1v) is 7.26. The molecule has 1 aromatic rings. The van der Waals surface area contributed by atoms with Crippen LogP contribution >= 0.6 is 11.6 Å². The molecule has 0 saturated heterocycles. The fourth-order valence-electron chi connectivity index (χ4n) is 1.57. The summed E-state index contributed by atoms with van der Waals surface area (Å²) < 4.78 is 23.3. The van der Waals surface area contributed by atoms with E-state index in [4.69, 9.17) is 11.6 Å². The van der Waals surface area contributed by atoms with Gasteiger partial charge in [0.1, 0.15) is 0 Å². The summed E-state index contributed by atoms with van der Waals surface area (Å²) in [6, 6.07) is 9.13. The number of halogens is 1. The molecule has 0 bridgehead atoms. The van der Waals surface area contributed by atoms with Crippen LogP contribution in [0.3, 0.4) is 0 Å². The molecule has 4 heteroatoms. The van der Waals surface area contributed by atoms with E-state index in [0.29, 0.717) is 9.94 Å². The van der Waals surface area contributed by atoms with Crippen molar-refractivity contribution in [3.63, 3.8) is 0 Å². The van der Waals surface area contributed by atoms with Gasteiger partial charge in [-0.2, -0.15) is 0 Å². The highest BCUT2D eigenvalue weighted by molar-refractivity contribution is 7.94. The summed E-state index contributed by atoms with van der Waals surface area (Å²) >= 11 is 6.15. The highest BCUT2D eigenvalue weighted by Crippen LogP contribution is 2.30. The second-order valence-electron chi connectivity index (χ2n) is 3.97. The van der Waals surface area contributed by atoms with Gasteiger partial charge in [-0.1, -0.05) is 55.8 Å². The summed E-state index contributed by atoms with van der Waals surface area (Å²) in [5.74, 6) is -0.122. The number of sulfone groups is 1. The van der Waals surface area contributed by atoms with Gasteiger partial charge in [0.15, 0.2) is 9.84 Å². The third kappa shape index (κ3) is 3.09. The highest BCUT2D eigenvalue weighted by Gasteiger charge is 2.20. The third-order valence-corrected chi connectivity index (χ3v) is 4.18. The van der Waals surface area contributed by atoms with E-state index >= 15 is 0 Å². The Bertz CT molecular complexity index is 487. The monoisotopic (exact) mass is 258 g/mol. The first kappa shape index (κ1) is 13.3. The lowest BCUT2D eigenvalue weighted by molar-refractivity contribution is 0.601. The molecule has 1 rings (SSSR count). The molecule has 0 aliphatic rings. The maximum Gasteiger partial charge on any atom is 0.173 e. The first-order chi connectivity index (χ1) is 7.34. The Morgan fingerprint density at radius 2 is 1.69 bits per heavy atom. The number of hydrogen-bond donors (Lipinski definition) is 0. The maximum atomic E-state index is 11.6. The summed E-state index contributed by atoms with van der Waals surface area (Å²) in [7, 11) is -3.26. The molecule has 0 spiro atoms. The van der Waals surface area contributed by atoms with Gasteiger partial charge >= 0.3 is 0 Å². The summed E-state index contributed by atoms with van der Waals surface area (Å²) in [6.07, 6.45) is 1.19. The Morgan fingerprint density at radius 3 is 2.06 bits per heavy atom. The molecule has 0 heterocycles. The van der Waals surface area contributed by atoms with E-state index in [-0.39, 0.29) is 5.92 Å². The van der Waals surface area contributed by atoms with E-state index in [1.807, 2.05) is 32.0 Å². The molecule has 0 amide bonds. The Balaban J connectivity index is 3.41. The van der Waals surface area contributed by atoms with Gasteiger partial charge in [-0.15, -0.1) is 0 Å². The summed E-state index contributed by atoms with van der Waals surface area (Å²) in [4.78, 5) is 0.292. The van der Waals surface area contributed by atoms with Crippen LogP contribution in [0.4, 0.5) is 0 Å². The topological polar surface area (TPSA) is 34.1 Å². The van der Waals surface area contributed by atoms with Crippen LogP contribution < -0.4 is 0 Å². The molecule has 1 aromatic carbocycles. The van der Waals surface area contributed by atoms with E-state index in [0.717, 1.165) is 5.56 Å². The van der Waals surface area contributed by atoms with Crippen LogP contribution in [0.2, 0.25) is 0 Å². The maximum absolute atomic E-state index is 11.6. The molecule has 0 aliphatic heterocycles. The second kappa shape index (κ2) is 5.02. The van der Waals surface area contributed by atoms with Crippen LogP contribution in [-0.4, -0.2) is 14.7 Å². The lowest BCUT2D eigenvalue weighted by Crippen LogP contribution is -2.08. The van der Waals surface area contributed by atoms with Gasteiger partial charge in [-0.3, -0.25) is 0 Å². The fourth-order valence-corrected chi connectivity index (χ4v) is 3.64. The zero-order chi connectivity index (χ0) is 12.3. The van der Waals surface area contributed by atoms with Crippen LogP contribution in [0, 0.1) is 5.92 Å². The molecule has 2 nitrogen and oxygen atoms in total. The largest absolute Gasteiger partial charge is 0.224 e. The SMILES string of the molecule is CC(C)/C(=C(/Cl)c1ccccc1)S(C)(=O)=O. The summed E-state index contributed by atoms with van der Waals surface area (Å²) in [6.45, 7) is 3.64. The highest BCUT2D eigenvalue weighted by atomic mass is 35.5. The molecular weight excluding hydrogens is 244 g/mol. The van der Waals surface area contributed by atoms with Gasteiger partial charge in [0, 0.05) is 6.26 Å². The Labute approximate surface area is 102 Å². The molecule has 88 valence electrons. The van der Waals surface area contributed by atoms with E-state index in [9.17, 15) is 8.42 Å². The molecule has 16 heavy (non-hydrogen) atoms. The number of rotatable bonds is 3. The van der Waals surface area contributed by atoms with Crippen molar-refractivity contribution in [2.24, 2.45) is 5.92 Å². The Kier molecular flexibility index (Phi) is 4.16. The predicted octanol–water partition coefficient (Wildman–Crippen LogP) is 3.29. The van der Waals surface area contributed by atoms with Gasteiger partial charge in [-0.05, 0) is 11.5 Å². The number of hydrogen-bond acceptors (Lipinski definition) is 2. The van der Waals surface area contributed by atoms with Gasteiger partial charge in [0.25, 0.3) is 0 Å². The molecule has 0 aliphatic carbocycles. The van der Waals surface area contributed by atoms with Gasteiger partial charge in [-0.25, -0.2) is 8.42 Å². The zero-order valence-corrected chi connectivity index (χ0v) is 11.1. The van der Waals surface area contributed by atoms with Crippen molar-refractivity contribution in [1.29, 1.82) is 0 Å². The molecule has 0 N–H and O–H groups in total. The quantitative estimate of drug-likeness (QED) is 0.834. The molecule has 0 unspecified atom stereocenters.